The van der Waals surface area contributed by atoms with E-state index in [-0.39, 0.29) is 23.7 Å². The first-order valence-electron chi connectivity index (χ1n) is 6.70. The molecule has 124 valence electrons. The van der Waals surface area contributed by atoms with Gasteiger partial charge in [0.25, 0.3) is 11.6 Å². The molecule has 0 fully saturated rings. The summed E-state index contributed by atoms with van der Waals surface area (Å²) in [6.45, 7) is 3.25. The van der Waals surface area contributed by atoms with Crippen molar-refractivity contribution in [3.63, 3.8) is 0 Å². The van der Waals surface area contributed by atoms with E-state index in [1.165, 1.54) is 0 Å². The van der Waals surface area contributed by atoms with Crippen molar-refractivity contribution in [2.24, 2.45) is 0 Å². The van der Waals surface area contributed by atoms with E-state index in [1.807, 2.05) is 0 Å². The molecule has 0 unspecified atom stereocenters. The van der Waals surface area contributed by atoms with Crippen LogP contribution in [0.2, 0.25) is 0 Å². The van der Waals surface area contributed by atoms with Crippen LogP contribution in [-0.4, -0.2) is 42.4 Å². The van der Waals surface area contributed by atoms with Gasteiger partial charge in [0.15, 0.2) is 0 Å². The van der Waals surface area contributed by atoms with E-state index >= 15 is 0 Å². The minimum Gasteiger partial charge on any atom is -0.465 e. The Morgan fingerprint density at radius 3 is 2.35 bits per heavy atom. The Labute approximate surface area is 132 Å². The average Bonchev–Trinajstić information content (AvgIpc) is 2.50. The van der Waals surface area contributed by atoms with Gasteiger partial charge in [-0.2, -0.15) is 0 Å². The molecule has 0 bridgehead atoms. The number of nitrogens with one attached hydrogen (secondary N) is 2. The highest BCUT2D eigenvalue weighted by molar-refractivity contribution is 6.00. The molecule has 9 heteroatoms. The number of rotatable bonds is 6. The van der Waals surface area contributed by atoms with Gasteiger partial charge in [0.1, 0.15) is 0 Å². The van der Waals surface area contributed by atoms with Gasteiger partial charge in [0.05, 0.1) is 24.1 Å². The Morgan fingerprint density at radius 1 is 1.22 bits per heavy atom. The highest BCUT2D eigenvalue weighted by Gasteiger charge is 2.18. The molecule has 1 aromatic rings. The van der Waals surface area contributed by atoms with Crippen LogP contribution < -0.4 is 10.6 Å². The maximum absolute atomic E-state index is 12.0. The zero-order chi connectivity index (χ0) is 17.6. The summed E-state index contributed by atoms with van der Waals surface area (Å²) >= 11 is 0. The van der Waals surface area contributed by atoms with Gasteiger partial charge in [-0.1, -0.05) is 0 Å². The quantitative estimate of drug-likeness (QED) is 0.449. The van der Waals surface area contributed by atoms with Crippen molar-refractivity contribution < 1.29 is 24.0 Å². The van der Waals surface area contributed by atoms with E-state index in [2.05, 4.69) is 15.4 Å². The predicted molar refractivity (Wildman–Crippen MR) is 80.0 cm³/mol. The number of carbonyl (C=O) groups is 3. The van der Waals surface area contributed by atoms with Gasteiger partial charge in [0.2, 0.25) is 5.91 Å². The molecule has 0 aromatic heterocycles. The fourth-order valence-electron chi connectivity index (χ4n) is 1.72. The molecular formula is C14H17N3O6. The van der Waals surface area contributed by atoms with Crippen molar-refractivity contribution in [2.75, 3.05) is 13.7 Å². The number of hydrogen-bond acceptors (Lipinski definition) is 6. The zero-order valence-corrected chi connectivity index (χ0v) is 12.9. The van der Waals surface area contributed by atoms with Crippen LogP contribution in [0.25, 0.3) is 0 Å². The molecule has 0 aliphatic rings. The molecule has 0 spiro atoms. The number of amides is 2. The summed E-state index contributed by atoms with van der Waals surface area (Å²) < 4.78 is 4.49. The number of non-ortho nitro benzene ring substituents is 1. The van der Waals surface area contributed by atoms with Gasteiger partial charge in [0, 0.05) is 23.7 Å². The lowest BCUT2D eigenvalue weighted by Crippen LogP contribution is -2.39. The van der Waals surface area contributed by atoms with Gasteiger partial charge < -0.3 is 15.4 Å². The fourth-order valence-corrected chi connectivity index (χ4v) is 1.72. The molecule has 23 heavy (non-hydrogen) atoms. The molecule has 0 saturated heterocycles. The molecule has 0 aliphatic carbocycles. The van der Waals surface area contributed by atoms with Gasteiger partial charge >= 0.3 is 5.97 Å². The summed E-state index contributed by atoms with van der Waals surface area (Å²) in [6.07, 6.45) is 0. The van der Waals surface area contributed by atoms with Crippen LogP contribution in [0.4, 0.5) is 5.69 Å². The first-order chi connectivity index (χ1) is 10.7. The highest BCUT2D eigenvalue weighted by Crippen LogP contribution is 2.18. The van der Waals surface area contributed by atoms with E-state index < -0.39 is 28.4 Å². The van der Waals surface area contributed by atoms with Gasteiger partial charge in [-0.3, -0.25) is 19.7 Å². The van der Waals surface area contributed by atoms with Crippen molar-refractivity contribution in [2.45, 2.75) is 19.9 Å². The largest absolute Gasteiger partial charge is 0.465 e. The average molecular weight is 323 g/mol. The van der Waals surface area contributed by atoms with Gasteiger partial charge in [-0.05, 0) is 19.9 Å². The van der Waals surface area contributed by atoms with E-state index in [9.17, 15) is 24.5 Å². The van der Waals surface area contributed by atoms with Gasteiger partial charge in [-0.25, -0.2) is 4.79 Å². The van der Waals surface area contributed by atoms with Crippen molar-refractivity contribution >= 4 is 23.5 Å². The molecule has 2 amide bonds. The van der Waals surface area contributed by atoms with Crippen LogP contribution in [0, 0.1) is 10.1 Å². The minimum absolute atomic E-state index is 0.0804. The Kier molecular flexibility index (Phi) is 6.19. The van der Waals surface area contributed by atoms with Crippen LogP contribution in [0.3, 0.4) is 0 Å². The molecule has 0 heterocycles. The molecule has 9 nitrogen and oxygen atoms in total. The van der Waals surface area contributed by atoms with Crippen molar-refractivity contribution in [1.29, 1.82) is 0 Å². The lowest BCUT2D eigenvalue weighted by atomic mass is 10.1. The lowest BCUT2D eigenvalue weighted by molar-refractivity contribution is -0.384. The van der Waals surface area contributed by atoms with E-state index in [0.29, 0.717) is 0 Å². The SMILES string of the molecule is COC(=O)c1cc(C(=O)NCC(=O)NC(C)C)cc([N+](=O)[O-])c1. The number of nitrogens with zero attached hydrogens (tertiary/aromatic N) is 1. The van der Waals surface area contributed by atoms with Crippen LogP contribution in [-0.2, 0) is 9.53 Å². The summed E-state index contributed by atoms with van der Waals surface area (Å²) in [5, 5.41) is 15.8. The Bertz CT molecular complexity index is 641. The van der Waals surface area contributed by atoms with E-state index in [0.717, 1.165) is 25.3 Å². The predicted octanol–water partition coefficient (Wildman–Crippen LogP) is 0.636. The van der Waals surface area contributed by atoms with E-state index in [4.69, 9.17) is 0 Å². The maximum atomic E-state index is 12.0. The monoisotopic (exact) mass is 323 g/mol. The Morgan fingerprint density at radius 2 is 1.83 bits per heavy atom. The first-order valence-corrected chi connectivity index (χ1v) is 6.70. The third-order valence-corrected chi connectivity index (χ3v) is 2.67. The topological polar surface area (TPSA) is 128 Å². The minimum atomic E-state index is -0.805. The second-order valence-electron chi connectivity index (χ2n) is 4.92. The van der Waals surface area contributed by atoms with Crippen molar-refractivity contribution in [3.8, 4) is 0 Å². The molecule has 0 radical (unpaired) electrons. The number of hydrogen-bond donors (Lipinski definition) is 2. The molecule has 1 rings (SSSR count). The molecule has 2 N–H and O–H groups in total. The number of ether oxygens (including phenoxy) is 1. The number of esters is 1. The number of carbonyl (C=O) groups excluding carboxylic acids is 3. The van der Waals surface area contributed by atoms with Gasteiger partial charge in [-0.15, -0.1) is 0 Å². The van der Waals surface area contributed by atoms with Crippen molar-refractivity contribution in [1.82, 2.24) is 10.6 Å². The third kappa shape index (κ3) is 5.38. The van der Waals surface area contributed by atoms with E-state index in [1.54, 1.807) is 13.8 Å². The summed E-state index contributed by atoms with van der Waals surface area (Å²) in [4.78, 5) is 45.2. The zero-order valence-electron chi connectivity index (χ0n) is 12.9. The Balaban J connectivity index is 2.95. The standard InChI is InChI=1S/C14H17N3O6/c1-8(2)16-12(18)7-15-13(19)9-4-10(14(20)23-3)6-11(5-9)17(21)22/h4-6,8H,7H2,1-3H3,(H,15,19)(H,16,18). The van der Waals surface area contributed by atoms with Crippen LogP contribution >= 0.6 is 0 Å². The number of nitro groups is 1. The third-order valence-electron chi connectivity index (χ3n) is 2.67. The van der Waals surface area contributed by atoms with Crippen LogP contribution in [0.5, 0.6) is 0 Å². The smallest absolute Gasteiger partial charge is 0.338 e. The summed E-state index contributed by atoms with van der Waals surface area (Å²) in [6, 6.07) is 3.10. The first kappa shape index (κ1) is 18.1. The normalized spacial score (nSPS) is 10.1. The lowest BCUT2D eigenvalue weighted by Gasteiger charge is -2.09. The molecule has 0 saturated carbocycles. The molecule has 1 aromatic carbocycles. The number of benzene rings is 1. The molecule has 0 aliphatic heterocycles. The second kappa shape index (κ2) is 7.87. The molecular weight excluding hydrogens is 306 g/mol. The second-order valence-corrected chi connectivity index (χ2v) is 4.92. The summed E-state index contributed by atoms with van der Waals surface area (Å²) in [5.74, 6) is -1.91. The summed E-state index contributed by atoms with van der Waals surface area (Å²) in [7, 11) is 1.12. The number of methoxy groups -OCH3 is 1. The maximum Gasteiger partial charge on any atom is 0.338 e. The molecule has 0 atom stereocenters. The van der Waals surface area contributed by atoms with Crippen LogP contribution in [0.15, 0.2) is 18.2 Å². The Hall–Kier alpha value is -2.97. The fraction of sp³-hybridized carbons (Fsp3) is 0.357. The van der Waals surface area contributed by atoms with Crippen LogP contribution in [0.1, 0.15) is 34.6 Å². The summed E-state index contributed by atoms with van der Waals surface area (Å²) in [5.41, 5.74) is -0.667. The van der Waals surface area contributed by atoms with Crippen molar-refractivity contribution in [3.05, 3.63) is 39.4 Å². The highest BCUT2D eigenvalue weighted by atomic mass is 16.6. The number of nitro benzene ring substituents is 1.